The fourth-order valence-electron chi connectivity index (χ4n) is 2.01. The van der Waals surface area contributed by atoms with Crippen molar-refractivity contribution in [3.63, 3.8) is 0 Å². The van der Waals surface area contributed by atoms with Crippen molar-refractivity contribution in [2.45, 2.75) is 4.90 Å². The van der Waals surface area contributed by atoms with E-state index >= 15 is 0 Å². The molecular formula is C16H16ClNO5S. The summed E-state index contributed by atoms with van der Waals surface area (Å²) in [7, 11) is -0.540. The largest absolute Gasteiger partial charge is 0.497 e. The molecule has 0 heterocycles. The van der Waals surface area contributed by atoms with Gasteiger partial charge in [-0.05, 0) is 18.2 Å². The summed E-state index contributed by atoms with van der Waals surface area (Å²) < 4.78 is 33.7. The van der Waals surface area contributed by atoms with E-state index < -0.39 is 15.7 Å². The van der Waals surface area contributed by atoms with E-state index in [1.807, 2.05) is 0 Å². The fraction of sp³-hybridized carbons (Fsp3) is 0.188. The minimum atomic E-state index is -3.54. The Labute approximate surface area is 145 Å². The Bertz CT molecular complexity index is 858. The molecule has 0 aromatic heterocycles. The lowest BCUT2D eigenvalue weighted by Gasteiger charge is -2.11. The van der Waals surface area contributed by atoms with Gasteiger partial charge in [0, 0.05) is 35.7 Å². The summed E-state index contributed by atoms with van der Waals surface area (Å²) >= 11 is 5.88. The Balaban J connectivity index is 2.34. The average molecular weight is 370 g/mol. The number of nitrogens with one attached hydrogen (secondary N) is 1. The summed E-state index contributed by atoms with van der Waals surface area (Å²) in [6.45, 7) is 0. The number of methoxy groups -OCH3 is 2. The maximum absolute atomic E-state index is 12.4. The van der Waals surface area contributed by atoms with Crippen LogP contribution in [0.5, 0.6) is 11.5 Å². The molecule has 24 heavy (non-hydrogen) atoms. The standard InChI is InChI=1S/C16H16ClNO5S/c1-22-12-7-11(8-13(9-12)23-2)18-16(19)10-4-5-14(17)15(6-10)24(3,20)21/h4-9H,1-3H3,(H,18,19). The number of sulfone groups is 1. The highest BCUT2D eigenvalue weighted by Gasteiger charge is 2.16. The molecule has 0 aliphatic carbocycles. The van der Waals surface area contributed by atoms with Crippen molar-refractivity contribution in [2.75, 3.05) is 25.8 Å². The Kier molecular flexibility index (Phi) is 5.36. The van der Waals surface area contributed by atoms with Gasteiger partial charge >= 0.3 is 0 Å². The van der Waals surface area contributed by atoms with Crippen molar-refractivity contribution in [2.24, 2.45) is 0 Å². The van der Waals surface area contributed by atoms with E-state index in [1.165, 1.54) is 32.4 Å². The molecule has 0 unspecified atom stereocenters. The molecule has 8 heteroatoms. The van der Waals surface area contributed by atoms with Crippen molar-refractivity contribution < 1.29 is 22.7 Å². The van der Waals surface area contributed by atoms with E-state index in [-0.39, 0.29) is 15.5 Å². The molecule has 6 nitrogen and oxygen atoms in total. The van der Waals surface area contributed by atoms with Gasteiger partial charge in [-0.25, -0.2) is 8.42 Å². The average Bonchev–Trinajstić information content (AvgIpc) is 2.53. The third kappa shape index (κ3) is 4.18. The maximum Gasteiger partial charge on any atom is 0.255 e. The topological polar surface area (TPSA) is 81.7 Å². The van der Waals surface area contributed by atoms with Crippen molar-refractivity contribution in [1.82, 2.24) is 0 Å². The van der Waals surface area contributed by atoms with Crippen LogP contribution in [0.25, 0.3) is 0 Å². The number of carbonyl (C=O) groups excluding carboxylic acids is 1. The highest BCUT2D eigenvalue weighted by molar-refractivity contribution is 7.90. The predicted molar refractivity (Wildman–Crippen MR) is 92.1 cm³/mol. The summed E-state index contributed by atoms with van der Waals surface area (Å²) in [5.74, 6) is 0.544. The van der Waals surface area contributed by atoms with Gasteiger partial charge < -0.3 is 14.8 Å². The van der Waals surface area contributed by atoms with Crippen molar-refractivity contribution >= 4 is 33.0 Å². The van der Waals surface area contributed by atoms with Gasteiger partial charge in [-0.1, -0.05) is 11.6 Å². The van der Waals surface area contributed by atoms with Crippen LogP contribution < -0.4 is 14.8 Å². The molecule has 1 amide bonds. The van der Waals surface area contributed by atoms with Crippen LogP contribution in [0, 0.1) is 0 Å². The van der Waals surface area contributed by atoms with Crippen LogP contribution in [0.2, 0.25) is 5.02 Å². The smallest absolute Gasteiger partial charge is 0.255 e. The van der Waals surface area contributed by atoms with Gasteiger partial charge in [0.1, 0.15) is 11.5 Å². The zero-order chi connectivity index (χ0) is 17.9. The summed E-state index contributed by atoms with van der Waals surface area (Å²) in [4.78, 5) is 12.3. The molecule has 0 spiro atoms. The van der Waals surface area contributed by atoms with E-state index in [2.05, 4.69) is 5.32 Å². The monoisotopic (exact) mass is 369 g/mol. The lowest BCUT2D eigenvalue weighted by atomic mass is 10.2. The molecule has 0 saturated heterocycles. The Morgan fingerprint density at radius 3 is 2.12 bits per heavy atom. The minimum absolute atomic E-state index is 0.0668. The quantitative estimate of drug-likeness (QED) is 0.876. The molecule has 0 saturated carbocycles. The normalized spacial score (nSPS) is 11.0. The number of carbonyl (C=O) groups is 1. The zero-order valence-electron chi connectivity index (χ0n) is 13.3. The van der Waals surface area contributed by atoms with Crippen LogP contribution in [0.4, 0.5) is 5.69 Å². The summed E-state index contributed by atoms with van der Waals surface area (Å²) in [6.07, 6.45) is 1.03. The van der Waals surface area contributed by atoms with E-state index in [1.54, 1.807) is 18.2 Å². The number of hydrogen-bond donors (Lipinski definition) is 1. The summed E-state index contributed by atoms with van der Waals surface area (Å²) in [5, 5.41) is 2.74. The molecule has 0 atom stereocenters. The van der Waals surface area contributed by atoms with Crippen LogP contribution in [-0.4, -0.2) is 34.8 Å². The van der Waals surface area contributed by atoms with Gasteiger partial charge in [0.05, 0.1) is 24.1 Å². The predicted octanol–water partition coefficient (Wildman–Crippen LogP) is 3.01. The molecule has 1 N–H and O–H groups in total. The number of halogens is 1. The van der Waals surface area contributed by atoms with E-state index in [9.17, 15) is 13.2 Å². The maximum atomic E-state index is 12.4. The lowest BCUT2D eigenvalue weighted by Crippen LogP contribution is -2.13. The molecule has 0 radical (unpaired) electrons. The second-order valence-corrected chi connectivity index (χ2v) is 7.36. The SMILES string of the molecule is COc1cc(NC(=O)c2ccc(Cl)c(S(C)(=O)=O)c2)cc(OC)c1. The highest BCUT2D eigenvalue weighted by Crippen LogP contribution is 2.27. The first-order valence-electron chi connectivity index (χ1n) is 6.78. The van der Waals surface area contributed by atoms with E-state index in [0.29, 0.717) is 17.2 Å². The third-order valence-corrected chi connectivity index (χ3v) is 4.78. The third-order valence-electron chi connectivity index (χ3n) is 3.20. The van der Waals surface area contributed by atoms with Crippen LogP contribution in [0.1, 0.15) is 10.4 Å². The van der Waals surface area contributed by atoms with Crippen LogP contribution in [0.15, 0.2) is 41.3 Å². The summed E-state index contributed by atoms with van der Waals surface area (Å²) in [6, 6.07) is 8.97. The van der Waals surface area contributed by atoms with E-state index in [4.69, 9.17) is 21.1 Å². The number of anilines is 1. The lowest BCUT2D eigenvalue weighted by molar-refractivity contribution is 0.102. The van der Waals surface area contributed by atoms with Crippen LogP contribution in [-0.2, 0) is 9.84 Å². The molecule has 2 rings (SSSR count). The number of benzene rings is 2. The first kappa shape index (κ1) is 18.1. The van der Waals surface area contributed by atoms with Crippen molar-refractivity contribution in [3.8, 4) is 11.5 Å². The molecule has 0 aliphatic rings. The summed E-state index contributed by atoms with van der Waals surface area (Å²) in [5.41, 5.74) is 0.619. The Morgan fingerprint density at radius 1 is 1.04 bits per heavy atom. The van der Waals surface area contributed by atoms with Gasteiger partial charge in [0.15, 0.2) is 9.84 Å². The molecule has 2 aromatic rings. The van der Waals surface area contributed by atoms with Crippen LogP contribution >= 0.6 is 11.6 Å². The number of amides is 1. The zero-order valence-corrected chi connectivity index (χ0v) is 14.9. The molecule has 0 fully saturated rings. The minimum Gasteiger partial charge on any atom is -0.497 e. The van der Waals surface area contributed by atoms with Gasteiger partial charge in [-0.2, -0.15) is 0 Å². The highest BCUT2D eigenvalue weighted by atomic mass is 35.5. The first-order chi connectivity index (χ1) is 11.2. The molecule has 128 valence electrons. The second kappa shape index (κ2) is 7.11. The second-order valence-electron chi connectivity index (χ2n) is 4.97. The van der Waals surface area contributed by atoms with Crippen molar-refractivity contribution in [1.29, 1.82) is 0 Å². The number of hydrogen-bond acceptors (Lipinski definition) is 5. The number of ether oxygens (including phenoxy) is 2. The number of rotatable bonds is 5. The van der Waals surface area contributed by atoms with Gasteiger partial charge in [-0.3, -0.25) is 4.79 Å². The van der Waals surface area contributed by atoms with Gasteiger partial charge in [-0.15, -0.1) is 0 Å². The first-order valence-corrected chi connectivity index (χ1v) is 9.05. The van der Waals surface area contributed by atoms with Gasteiger partial charge in [0.25, 0.3) is 5.91 Å². The van der Waals surface area contributed by atoms with Crippen LogP contribution in [0.3, 0.4) is 0 Å². The molecular weight excluding hydrogens is 354 g/mol. The van der Waals surface area contributed by atoms with Gasteiger partial charge in [0.2, 0.25) is 0 Å². The molecule has 2 aromatic carbocycles. The molecule has 0 aliphatic heterocycles. The fourth-order valence-corrected chi connectivity index (χ4v) is 3.31. The van der Waals surface area contributed by atoms with E-state index in [0.717, 1.165) is 6.26 Å². The Hall–Kier alpha value is -2.25. The van der Waals surface area contributed by atoms with Crippen molar-refractivity contribution in [3.05, 3.63) is 47.0 Å². The molecule has 0 bridgehead atoms. The Morgan fingerprint density at radius 2 is 1.62 bits per heavy atom.